The Morgan fingerprint density at radius 3 is 2.06 bits per heavy atom. The number of rotatable bonds is 7. The second-order valence-electron chi connectivity index (χ2n) is 3.30. The van der Waals surface area contributed by atoms with Gasteiger partial charge in [0.05, 0.1) is 19.8 Å². The van der Waals surface area contributed by atoms with Gasteiger partial charge in [0.1, 0.15) is 0 Å². The minimum absolute atomic E-state index is 0.164. The molecule has 17 heavy (non-hydrogen) atoms. The molecule has 1 aromatic rings. The van der Waals surface area contributed by atoms with Crippen LogP contribution in [0.3, 0.4) is 0 Å². The third-order valence-corrected chi connectivity index (χ3v) is 3.54. The smallest absolute Gasteiger partial charge is 0.399 e. The van der Waals surface area contributed by atoms with Gasteiger partial charge in [-0.05, 0) is 31.5 Å². The lowest BCUT2D eigenvalue weighted by molar-refractivity contribution is 0.116. The first-order valence-electron chi connectivity index (χ1n) is 5.47. The second-order valence-corrected chi connectivity index (χ2v) is 4.97. The molecule has 1 aromatic carbocycles. The Balaban J connectivity index is 2.57. The third-order valence-electron chi connectivity index (χ3n) is 1.94. The van der Waals surface area contributed by atoms with Crippen molar-refractivity contribution in [2.24, 2.45) is 0 Å². The number of hydrogen-bond acceptors (Lipinski definition) is 5. The fraction of sp³-hybridized carbons (Fsp3) is 0.455. The molecule has 0 saturated carbocycles. The van der Waals surface area contributed by atoms with Crippen molar-refractivity contribution in [2.75, 3.05) is 18.9 Å². The van der Waals surface area contributed by atoms with Gasteiger partial charge in [-0.1, -0.05) is 12.1 Å². The van der Waals surface area contributed by atoms with Crippen LogP contribution in [0.15, 0.2) is 24.3 Å². The first-order chi connectivity index (χ1) is 8.09. The van der Waals surface area contributed by atoms with E-state index in [9.17, 15) is 4.57 Å². The van der Waals surface area contributed by atoms with Crippen molar-refractivity contribution in [3.63, 3.8) is 0 Å². The highest BCUT2D eigenvalue weighted by Crippen LogP contribution is 2.49. The van der Waals surface area contributed by atoms with E-state index in [1.807, 2.05) is 0 Å². The van der Waals surface area contributed by atoms with Crippen LogP contribution in [0, 0.1) is 0 Å². The molecule has 0 spiro atoms. The molecule has 0 heterocycles. The highest BCUT2D eigenvalue weighted by atomic mass is 31.2. The van der Waals surface area contributed by atoms with Crippen molar-refractivity contribution in [1.29, 1.82) is 0 Å². The summed E-state index contributed by atoms with van der Waals surface area (Å²) in [5, 5.41) is 0. The van der Waals surface area contributed by atoms with Crippen molar-refractivity contribution in [1.82, 2.24) is 0 Å². The highest BCUT2D eigenvalue weighted by Gasteiger charge is 2.25. The third kappa shape index (κ3) is 4.88. The Hall–Kier alpha value is -0.870. The molecular weight excluding hydrogens is 241 g/mol. The molecule has 0 fully saturated rings. The van der Waals surface area contributed by atoms with E-state index in [0.717, 1.165) is 5.56 Å². The van der Waals surface area contributed by atoms with Crippen LogP contribution >= 0.6 is 7.82 Å². The zero-order chi connectivity index (χ0) is 12.7. The highest BCUT2D eigenvalue weighted by molar-refractivity contribution is 7.48. The monoisotopic (exact) mass is 259 g/mol. The lowest BCUT2D eigenvalue weighted by Crippen LogP contribution is -2.00. The van der Waals surface area contributed by atoms with Crippen molar-refractivity contribution < 1.29 is 18.1 Å². The second kappa shape index (κ2) is 6.77. The van der Waals surface area contributed by atoms with Gasteiger partial charge in [0, 0.05) is 5.69 Å². The minimum atomic E-state index is -3.43. The zero-order valence-electron chi connectivity index (χ0n) is 10.1. The van der Waals surface area contributed by atoms with E-state index in [0.29, 0.717) is 5.69 Å². The fourth-order valence-electron chi connectivity index (χ4n) is 1.20. The zero-order valence-corrected chi connectivity index (χ0v) is 11.0. The van der Waals surface area contributed by atoms with Gasteiger partial charge in [0.2, 0.25) is 0 Å². The van der Waals surface area contributed by atoms with Crippen molar-refractivity contribution in [3.05, 3.63) is 29.8 Å². The van der Waals surface area contributed by atoms with Gasteiger partial charge >= 0.3 is 7.82 Å². The molecule has 0 amide bonds. The maximum absolute atomic E-state index is 12.0. The van der Waals surface area contributed by atoms with Crippen LogP contribution in [0.1, 0.15) is 19.4 Å². The Bertz CT molecular complexity index is 370. The van der Waals surface area contributed by atoms with Crippen LogP contribution in [0.5, 0.6) is 0 Å². The lowest BCUT2D eigenvalue weighted by Gasteiger charge is -2.16. The van der Waals surface area contributed by atoms with Crippen molar-refractivity contribution in [3.8, 4) is 0 Å². The maximum atomic E-state index is 12.0. The van der Waals surface area contributed by atoms with Crippen LogP contribution in [0.2, 0.25) is 0 Å². The summed E-state index contributed by atoms with van der Waals surface area (Å²) in [6.45, 7) is 4.19. The largest absolute Gasteiger partial charge is 0.475 e. The molecule has 0 unspecified atom stereocenters. The summed E-state index contributed by atoms with van der Waals surface area (Å²) in [4.78, 5) is 0. The molecule has 0 aliphatic heterocycles. The van der Waals surface area contributed by atoms with E-state index >= 15 is 0 Å². The quantitative estimate of drug-likeness (QED) is 0.602. The number of benzene rings is 1. The van der Waals surface area contributed by atoms with Crippen LogP contribution < -0.4 is 5.73 Å². The fourth-order valence-corrected chi connectivity index (χ4v) is 2.36. The summed E-state index contributed by atoms with van der Waals surface area (Å²) >= 11 is 0. The summed E-state index contributed by atoms with van der Waals surface area (Å²) in [6, 6.07) is 7.12. The summed E-state index contributed by atoms with van der Waals surface area (Å²) in [7, 11) is -3.43. The van der Waals surface area contributed by atoms with E-state index in [1.165, 1.54) is 0 Å². The molecule has 96 valence electrons. The summed E-state index contributed by atoms with van der Waals surface area (Å²) < 4.78 is 27.2. The Kier molecular flexibility index (Phi) is 5.65. The van der Waals surface area contributed by atoms with Crippen LogP contribution in [0.25, 0.3) is 0 Å². The number of anilines is 1. The summed E-state index contributed by atoms with van der Waals surface area (Å²) in [5.74, 6) is 0. The van der Waals surface area contributed by atoms with Crippen LogP contribution in [-0.4, -0.2) is 13.2 Å². The number of nitrogen functional groups attached to an aromatic ring is 1. The summed E-state index contributed by atoms with van der Waals surface area (Å²) in [6.07, 6.45) is 0. The average molecular weight is 259 g/mol. The molecule has 0 bridgehead atoms. The topological polar surface area (TPSA) is 70.8 Å². The van der Waals surface area contributed by atoms with Crippen LogP contribution in [-0.2, 0) is 24.7 Å². The number of hydrogen-bond donors (Lipinski definition) is 1. The van der Waals surface area contributed by atoms with E-state index in [-0.39, 0.29) is 19.8 Å². The molecular formula is C11H18NO4P. The Labute approximate surface area is 101 Å². The van der Waals surface area contributed by atoms with E-state index in [2.05, 4.69) is 0 Å². The van der Waals surface area contributed by atoms with E-state index in [1.54, 1.807) is 38.1 Å². The van der Waals surface area contributed by atoms with Gasteiger partial charge in [-0.15, -0.1) is 0 Å². The lowest BCUT2D eigenvalue weighted by atomic mass is 10.2. The van der Waals surface area contributed by atoms with Gasteiger partial charge in [-0.3, -0.25) is 13.6 Å². The molecule has 0 aliphatic carbocycles. The number of phosphoric acid groups is 1. The molecule has 0 atom stereocenters. The predicted molar refractivity (Wildman–Crippen MR) is 66.5 cm³/mol. The molecule has 0 saturated heterocycles. The number of nitrogens with two attached hydrogens (primary N) is 1. The molecule has 6 heteroatoms. The molecule has 5 nitrogen and oxygen atoms in total. The first-order valence-corrected chi connectivity index (χ1v) is 6.93. The molecule has 0 aromatic heterocycles. The van der Waals surface area contributed by atoms with E-state index < -0.39 is 7.82 Å². The Morgan fingerprint density at radius 1 is 1.06 bits per heavy atom. The number of phosphoric ester groups is 1. The van der Waals surface area contributed by atoms with Gasteiger partial charge in [-0.2, -0.15) is 0 Å². The van der Waals surface area contributed by atoms with Gasteiger partial charge in [0.25, 0.3) is 0 Å². The Morgan fingerprint density at radius 2 is 1.59 bits per heavy atom. The van der Waals surface area contributed by atoms with Crippen molar-refractivity contribution in [2.45, 2.75) is 20.5 Å². The van der Waals surface area contributed by atoms with Crippen LogP contribution in [0.4, 0.5) is 5.69 Å². The molecule has 2 N–H and O–H groups in total. The van der Waals surface area contributed by atoms with Gasteiger partial charge in [0.15, 0.2) is 0 Å². The van der Waals surface area contributed by atoms with E-state index in [4.69, 9.17) is 19.3 Å². The molecule has 0 radical (unpaired) electrons. The normalized spacial score (nSPS) is 11.6. The maximum Gasteiger partial charge on any atom is 0.475 e. The minimum Gasteiger partial charge on any atom is -0.399 e. The van der Waals surface area contributed by atoms with Crippen molar-refractivity contribution >= 4 is 13.5 Å². The SMILES string of the molecule is CCOP(=O)(OCC)OCc1ccc(N)cc1. The standard InChI is InChI=1S/C11H18NO4P/c1-3-14-17(13,15-4-2)16-9-10-5-7-11(12)8-6-10/h5-8H,3-4,9,12H2,1-2H3. The van der Waals surface area contributed by atoms with Gasteiger partial charge < -0.3 is 5.73 Å². The average Bonchev–Trinajstić information content (AvgIpc) is 2.29. The summed E-state index contributed by atoms with van der Waals surface area (Å²) in [5.41, 5.74) is 7.09. The molecule has 0 aliphatic rings. The molecule has 1 rings (SSSR count). The van der Waals surface area contributed by atoms with Gasteiger partial charge in [-0.25, -0.2) is 4.57 Å². The first kappa shape index (κ1) is 14.2. The predicted octanol–water partition coefficient (Wildman–Crippen LogP) is 2.97.